The lowest BCUT2D eigenvalue weighted by Gasteiger charge is -2.10. The van der Waals surface area contributed by atoms with Crippen LogP contribution in [0, 0.1) is 6.92 Å². The number of benzene rings is 1. The van der Waals surface area contributed by atoms with Crippen molar-refractivity contribution < 1.29 is 9.21 Å². The zero-order chi connectivity index (χ0) is 14.5. The van der Waals surface area contributed by atoms with Gasteiger partial charge in [0.2, 0.25) is 11.7 Å². The molecule has 20 heavy (non-hydrogen) atoms. The molecular weight excluding hydrogens is 254 g/mol. The monoisotopic (exact) mass is 273 g/mol. The van der Waals surface area contributed by atoms with Gasteiger partial charge in [0, 0.05) is 18.2 Å². The normalized spacial score (nSPS) is 12.2. The highest BCUT2D eigenvalue weighted by Crippen LogP contribution is 2.21. The Morgan fingerprint density at radius 2 is 2.05 bits per heavy atom. The lowest BCUT2D eigenvalue weighted by atomic mass is 10.2. The molecule has 0 saturated carbocycles. The van der Waals surface area contributed by atoms with E-state index in [2.05, 4.69) is 15.6 Å². The van der Waals surface area contributed by atoms with Crippen LogP contribution in [0.5, 0.6) is 0 Å². The molecule has 2 rings (SSSR count). The van der Waals surface area contributed by atoms with E-state index in [9.17, 15) is 4.79 Å². The number of hydrogen-bond acceptors (Lipinski definition) is 4. The first-order valence-corrected chi connectivity index (χ1v) is 6.60. The second kappa shape index (κ2) is 6.34. The van der Waals surface area contributed by atoms with Crippen molar-refractivity contribution in [3.05, 3.63) is 41.8 Å². The Bertz CT molecular complexity index is 578. The van der Waals surface area contributed by atoms with Crippen molar-refractivity contribution in [2.45, 2.75) is 19.9 Å². The van der Waals surface area contributed by atoms with Crippen LogP contribution in [0.15, 0.2) is 34.7 Å². The number of carbonyl (C=O) groups is 1. The quantitative estimate of drug-likeness (QED) is 0.874. The largest absolute Gasteiger partial charge is 0.431 e. The number of nitrogens with zero attached hydrogens (tertiary/aromatic N) is 1. The van der Waals surface area contributed by atoms with Gasteiger partial charge < -0.3 is 15.1 Å². The molecule has 1 amide bonds. The Labute approximate surface area is 118 Å². The summed E-state index contributed by atoms with van der Waals surface area (Å²) in [7, 11) is 1.85. The Morgan fingerprint density at radius 3 is 2.70 bits per heavy atom. The highest BCUT2D eigenvalue weighted by Gasteiger charge is 2.18. The van der Waals surface area contributed by atoms with E-state index in [0.29, 0.717) is 18.1 Å². The molecule has 0 aliphatic rings. The van der Waals surface area contributed by atoms with E-state index >= 15 is 0 Å². The molecule has 5 nitrogen and oxygen atoms in total. The Hall–Kier alpha value is -2.14. The summed E-state index contributed by atoms with van der Waals surface area (Å²) in [6.45, 7) is 4.30. The number of carbonyl (C=O) groups excluding carboxylic acids is 1. The first-order chi connectivity index (χ1) is 9.61. The topological polar surface area (TPSA) is 67.2 Å². The third-order valence-electron chi connectivity index (χ3n) is 3.09. The summed E-state index contributed by atoms with van der Waals surface area (Å²) < 4.78 is 5.58. The minimum Gasteiger partial charge on any atom is -0.431 e. The highest BCUT2D eigenvalue weighted by molar-refractivity contribution is 5.92. The number of aryl methyl sites for hydroxylation is 1. The average molecular weight is 273 g/mol. The molecule has 0 fully saturated rings. The summed E-state index contributed by atoms with van der Waals surface area (Å²) in [5.41, 5.74) is 1.46. The van der Waals surface area contributed by atoms with Gasteiger partial charge in [-0.3, -0.25) is 4.79 Å². The molecule has 0 bridgehead atoms. The molecule has 2 aromatic rings. The molecular formula is C15H19N3O2. The van der Waals surface area contributed by atoms with Gasteiger partial charge in [-0.15, -0.1) is 0 Å². The molecule has 5 heteroatoms. The number of hydrogen-bond donors (Lipinski definition) is 2. The number of likely N-dealkylation sites (N-methyl/N-ethyl adjacent to an activating group) is 1. The molecule has 1 atom stereocenters. The summed E-state index contributed by atoms with van der Waals surface area (Å²) in [6, 6.07) is 9.74. The Balaban J connectivity index is 2.13. The molecule has 106 valence electrons. The third kappa shape index (κ3) is 3.24. The third-order valence-corrected chi connectivity index (χ3v) is 3.09. The maximum Gasteiger partial charge on any atom is 0.289 e. The second-order valence-corrected chi connectivity index (χ2v) is 4.70. The number of amides is 1. The van der Waals surface area contributed by atoms with Gasteiger partial charge in [0.15, 0.2) is 0 Å². The predicted molar refractivity (Wildman–Crippen MR) is 77.5 cm³/mol. The van der Waals surface area contributed by atoms with Gasteiger partial charge in [-0.25, -0.2) is 4.98 Å². The molecule has 2 N–H and O–H groups in total. The van der Waals surface area contributed by atoms with E-state index in [0.717, 1.165) is 5.56 Å². The lowest BCUT2D eigenvalue weighted by molar-refractivity contribution is 0.0923. The smallest absolute Gasteiger partial charge is 0.289 e. The van der Waals surface area contributed by atoms with Crippen LogP contribution in [-0.4, -0.2) is 30.5 Å². The Morgan fingerprint density at radius 1 is 1.35 bits per heavy atom. The molecule has 1 unspecified atom stereocenters. The summed E-state index contributed by atoms with van der Waals surface area (Å²) in [5, 5.41) is 5.88. The van der Waals surface area contributed by atoms with Gasteiger partial charge in [-0.2, -0.15) is 0 Å². The summed E-state index contributed by atoms with van der Waals surface area (Å²) >= 11 is 0. The molecule has 0 radical (unpaired) electrons. The van der Waals surface area contributed by atoms with Crippen molar-refractivity contribution in [3.63, 3.8) is 0 Å². The van der Waals surface area contributed by atoms with Crippen LogP contribution in [0.3, 0.4) is 0 Å². The van der Waals surface area contributed by atoms with Gasteiger partial charge in [0.1, 0.15) is 0 Å². The summed E-state index contributed by atoms with van der Waals surface area (Å²) in [6.07, 6.45) is 0. The van der Waals surface area contributed by atoms with Gasteiger partial charge in [0.05, 0.1) is 5.69 Å². The highest BCUT2D eigenvalue weighted by atomic mass is 16.4. The fraction of sp³-hybridized carbons (Fsp3) is 0.333. The van der Waals surface area contributed by atoms with Crippen LogP contribution in [0.25, 0.3) is 11.5 Å². The van der Waals surface area contributed by atoms with E-state index in [1.54, 1.807) is 6.92 Å². The van der Waals surface area contributed by atoms with Crippen LogP contribution in [0.1, 0.15) is 23.2 Å². The van der Waals surface area contributed by atoms with Crippen LogP contribution < -0.4 is 10.6 Å². The Kier molecular flexibility index (Phi) is 4.53. The van der Waals surface area contributed by atoms with Crippen LogP contribution >= 0.6 is 0 Å². The SMILES string of the molecule is CNC(C)CNC(=O)c1oc(-c2ccccc2)nc1C. The zero-order valence-electron chi connectivity index (χ0n) is 11.9. The van der Waals surface area contributed by atoms with Crippen LogP contribution in [0.4, 0.5) is 0 Å². The first kappa shape index (κ1) is 14.3. The number of oxazole rings is 1. The predicted octanol–water partition coefficient (Wildman–Crippen LogP) is 1.99. The molecule has 1 aromatic heterocycles. The molecule has 0 aliphatic carbocycles. The van der Waals surface area contributed by atoms with Crippen LogP contribution in [0.2, 0.25) is 0 Å². The standard InChI is InChI=1S/C15H19N3O2/c1-10(16-3)9-17-14(19)13-11(2)18-15(20-13)12-7-5-4-6-8-12/h4-8,10,16H,9H2,1-3H3,(H,17,19). The lowest BCUT2D eigenvalue weighted by Crippen LogP contribution is -2.37. The van der Waals surface area contributed by atoms with Crippen molar-refractivity contribution >= 4 is 5.91 Å². The van der Waals surface area contributed by atoms with Crippen molar-refractivity contribution in [1.82, 2.24) is 15.6 Å². The summed E-state index contributed by atoms with van der Waals surface area (Å²) in [5.74, 6) is 0.501. The molecule has 0 aliphatic heterocycles. The number of nitrogens with one attached hydrogen (secondary N) is 2. The first-order valence-electron chi connectivity index (χ1n) is 6.60. The van der Waals surface area contributed by atoms with E-state index in [4.69, 9.17) is 4.42 Å². The van der Waals surface area contributed by atoms with Crippen molar-refractivity contribution in [3.8, 4) is 11.5 Å². The van der Waals surface area contributed by atoms with Crippen molar-refractivity contribution in [2.24, 2.45) is 0 Å². The average Bonchev–Trinajstić information content (AvgIpc) is 2.87. The van der Waals surface area contributed by atoms with Gasteiger partial charge in [0.25, 0.3) is 5.91 Å². The summed E-state index contributed by atoms with van der Waals surface area (Å²) in [4.78, 5) is 16.4. The number of aromatic nitrogens is 1. The maximum absolute atomic E-state index is 12.1. The van der Waals surface area contributed by atoms with E-state index in [1.807, 2.05) is 44.3 Å². The van der Waals surface area contributed by atoms with E-state index < -0.39 is 0 Å². The van der Waals surface area contributed by atoms with Crippen LogP contribution in [-0.2, 0) is 0 Å². The minimum atomic E-state index is -0.237. The van der Waals surface area contributed by atoms with Crippen molar-refractivity contribution in [1.29, 1.82) is 0 Å². The van der Waals surface area contributed by atoms with Gasteiger partial charge in [-0.05, 0) is 33.0 Å². The minimum absolute atomic E-state index is 0.204. The fourth-order valence-corrected chi connectivity index (χ4v) is 1.74. The fourth-order valence-electron chi connectivity index (χ4n) is 1.74. The van der Waals surface area contributed by atoms with E-state index in [1.165, 1.54) is 0 Å². The maximum atomic E-state index is 12.1. The molecule has 1 aromatic carbocycles. The molecule has 0 saturated heterocycles. The zero-order valence-corrected chi connectivity index (χ0v) is 11.9. The van der Waals surface area contributed by atoms with Gasteiger partial charge >= 0.3 is 0 Å². The van der Waals surface area contributed by atoms with Crippen molar-refractivity contribution in [2.75, 3.05) is 13.6 Å². The van der Waals surface area contributed by atoms with Gasteiger partial charge in [-0.1, -0.05) is 18.2 Å². The second-order valence-electron chi connectivity index (χ2n) is 4.70. The number of rotatable bonds is 5. The molecule has 0 spiro atoms. The molecule has 1 heterocycles. The van der Waals surface area contributed by atoms with E-state index in [-0.39, 0.29) is 17.7 Å².